The van der Waals surface area contributed by atoms with Gasteiger partial charge >= 0.3 is 5.69 Å². The fourth-order valence-electron chi connectivity index (χ4n) is 3.15. The fourth-order valence-corrected chi connectivity index (χ4v) is 3.15. The second kappa shape index (κ2) is 7.05. The number of nitrogens with one attached hydrogen (secondary N) is 1. The van der Waals surface area contributed by atoms with Crippen LogP contribution in [-0.2, 0) is 6.54 Å². The lowest BCUT2D eigenvalue weighted by atomic mass is 10.0. The molecule has 0 amide bonds. The molecule has 1 aromatic carbocycles. The Kier molecular flexibility index (Phi) is 4.85. The Morgan fingerprint density at radius 2 is 2.08 bits per heavy atom. The molecule has 24 heavy (non-hydrogen) atoms. The Labute approximate surface area is 141 Å². The highest BCUT2D eigenvalue weighted by atomic mass is 16.5. The maximum atomic E-state index is 12.0. The van der Waals surface area contributed by atoms with Gasteiger partial charge in [0.1, 0.15) is 17.7 Å². The molecule has 128 valence electrons. The van der Waals surface area contributed by atoms with E-state index in [9.17, 15) is 4.79 Å². The number of anilines is 1. The standard InChI is InChI=1S/C18H24N4O2/c1-12-9-13(2)17(24-15-3-6-20-7-4-15)14(10-12)11-22-8-5-16(19)21-18(22)23/h5,8-10,15,20H,3-4,6-7,11H2,1-2H3,(H2,19,21,23). The van der Waals surface area contributed by atoms with Crippen LogP contribution in [0.1, 0.15) is 29.5 Å². The van der Waals surface area contributed by atoms with Crippen LogP contribution < -0.4 is 21.5 Å². The van der Waals surface area contributed by atoms with E-state index in [-0.39, 0.29) is 17.6 Å². The predicted molar refractivity (Wildman–Crippen MR) is 94.4 cm³/mol. The van der Waals surface area contributed by atoms with Crippen LogP contribution in [0.25, 0.3) is 0 Å². The molecule has 0 bridgehead atoms. The van der Waals surface area contributed by atoms with Gasteiger partial charge < -0.3 is 15.8 Å². The Bertz CT molecular complexity index is 779. The third kappa shape index (κ3) is 3.76. The average molecular weight is 328 g/mol. The van der Waals surface area contributed by atoms with Crippen LogP contribution in [0.4, 0.5) is 5.82 Å². The minimum Gasteiger partial charge on any atom is -0.490 e. The summed E-state index contributed by atoms with van der Waals surface area (Å²) in [5.41, 5.74) is 8.47. The molecule has 6 nitrogen and oxygen atoms in total. The molecule has 1 aromatic heterocycles. The zero-order valence-electron chi connectivity index (χ0n) is 14.2. The maximum absolute atomic E-state index is 12.0. The number of benzene rings is 1. The first kappa shape index (κ1) is 16.5. The van der Waals surface area contributed by atoms with Gasteiger partial charge in [-0.25, -0.2) is 4.79 Å². The van der Waals surface area contributed by atoms with Crippen molar-refractivity contribution in [2.45, 2.75) is 39.3 Å². The molecule has 2 heterocycles. The summed E-state index contributed by atoms with van der Waals surface area (Å²) in [4.78, 5) is 15.8. The zero-order chi connectivity index (χ0) is 17.1. The summed E-state index contributed by atoms with van der Waals surface area (Å²) in [6, 6.07) is 5.83. The molecule has 2 aromatic rings. The lowest BCUT2D eigenvalue weighted by Crippen LogP contribution is -2.34. The van der Waals surface area contributed by atoms with Crippen LogP contribution in [0.2, 0.25) is 0 Å². The topological polar surface area (TPSA) is 82.2 Å². The van der Waals surface area contributed by atoms with E-state index < -0.39 is 0 Å². The number of rotatable bonds is 4. The molecule has 3 rings (SSSR count). The summed E-state index contributed by atoms with van der Waals surface area (Å²) in [7, 11) is 0. The van der Waals surface area contributed by atoms with Gasteiger partial charge in [0.2, 0.25) is 0 Å². The van der Waals surface area contributed by atoms with E-state index >= 15 is 0 Å². The Balaban J connectivity index is 1.91. The number of nitrogens with zero attached hydrogens (tertiary/aromatic N) is 2. The summed E-state index contributed by atoms with van der Waals surface area (Å²) in [5, 5.41) is 3.35. The normalized spacial score (nSPS) is 15.4. The Morgan fingerprint density at radius 1 is 1.33 bits per heavy atom. The monoisotopic (exact) mass is 328 g/mol. The van der Waals surface area contributed by atoms with Gasteiger partial charge in [0.05, 0.1) is 6.54 Å². The van der Waals surface area contributed by atoms with Crippen LogP contribution in [0, 0.1) is 13.8 Å². The number of hydrogen-bond acceptors (Lipinski definition) is 5. The van der Waals surface area contributed by atoms with E-state index in [2.05, 4.69) is 36.3 Å². The highest BCUT2D eigenvalue weighted by Gasteiger charge is 2.18. The minimum atomic E-state index is -0.345. The van der Waals surface area contributed by atoms with Crippen molar-refractivity contribution in [3.05, 3.63) is 51.6 Å². The van der Waals surface area contributed by atoms with Gasteiger partial charge in [-0.15, -0.1) is 0 Å². The maximum Gasteiger partial charge on any atom is 0.349 e. The number of aryl methyl sites for hydroxylation is 2. The molecule has 3 N–H and O–H groups in total. The molecule has 1 saturated heterocycles. The first-order chi connectivity index (χ1) is 11.5. The largest absolute Gasteiger partial charge is 0.490 e. The number of piperidine rings is 1. The molecule has 6 heteroatoms. The van der Waals surface area contributed by atoms with E-state index in [4.69, 9.17) is 10.5 Å². The Hall–Kier alpha value is -2.34. The highest BCUT2D eigenvalue weighted by Crippen LogP contribution is 2.28. The molecule has 0 atom stereocenters. The van der Waals surface area contributed by atoms with Crippen molar-refractivity contribution >= 4 is 5.82 Å². The molecule has 0 saturated carbocycles. The molecular weight excluding hydrogens is 304 g/mol. The molecule has 0 radical (unpaired) electrons. The van der Waals surface area contributed by atoms with Crippen molar-refractivity contribution in [3.8, 4) is 5.75 Å². The van der Waals surface area contributed by atoms with Crippen molar-refractivity contribution < 1.29 is 4.74 Å². The number of nitrogens with two attached hydrogens (primary N) is 1. The van der Waals surface area contributed by atoms with Crippen LogP contribution in [-0.4, -0.2) is 28.7 Å². The number of aromatic nitrogens is 2. The quantitative estimate of drug-likeness (QED) is 0.891. The fraction of sp³-hybridized carbons (Fsp3) is 0.444. The third-order valence-corrected chi connectivity index (χ3v) is 4.30. The van der Waals surface area contributed by atoms with Crippen LogP contribution in [0.15, 0.2) is 29.2 Å². The summed E-state index contributed by atoms with van der Waals surface area (Å²) in [5.74, 6) is 1.12. The zero-order valence-corrected chi connectivity index (χ0v) is 14.2. The summed E-state index contributed by atoms with van der Waals surface area (Å²) in [6.07, 6.45) is 3.88. The van der Waals surface area contributed by atoms with E-state index in [1.54, 1.807) is 16.8 Å². The van der Waals surface area contributed by atoms with Gasteiger partial charge in [0.15, 0.2) is 0 Å². The lowest BCUT2D eigenvalue weighted by molar-refractivity contribution is 0.159. The molecule has 1 aliphatic heterocycles. The lowest BCUT2D eigenvalue weighted by Gasteiger charge is -2.26. The Morgan fingerprint density at radius 3 is 2.79 bits per heavy atom. The van der Waals surface area contributed by atoms with Gasteiger partial charge in [0, 0.05) is 11.8 Å². The van der Waals surface area contributed by atoms with Crippen molar-refractivity contribution in [2.24, 2.45) is 0 Å². The van der Waals surface area contributed by atoms with Gasteiger partial charge in [-0.3, -0.25) is 4.57 Å². The number of hydrogen-bond donors (Lipinski definition) is 2. The molecule has 0 unspecified atom stereocenters. The van der Waals surface area contributed by atoms with Gasteiger partial charge in [-0.2, -0.15) is 4.98 Å². The van der Waals surface area contributed by atoms with Crippen LogP contribution in [0.5, 0.6) is 5.75 Å². The van der Waals surface area contributed by atoms with Gasteiger partial charge in [-0.05, 0) is 51.4 Å². The molecule has 0 spiro atoms. The third-order valence-electron chi connectivity index (χ3n) is 4.30. The second-order valence-electron chi connectivity index (χ2n) is 6.40. The summed E-state index contributed by atoms with van der Waals surface area (Å²) < 4.78 is 7.86. The van der Waals surface area contributed by atoms with Crippen LogP contribution >= 0.6 is 0 Å². The molecule has 1 fully saturated rings. The van der Waals surface area contributed by atoms with E-state index in [0.717, 1.165) is 48.4 Å². The van der Waals surface area contributed by atoms with Crippen molar-refractivity contribution in [3.63, 3.8) is 0 Å². The SMILES string of the molecule is Cc1cc(C)c(OC2CCNCC2)c(Cn2ccc(N)nc2=O)c1. The first-order valence-corrected chi connectivity index (χ1v) is 8.33. The smallest absolute Gasteiger partial charge is 0.349 e. The van der Waals surface area contributed by atoms with Gasteiger partial charge in [-0.1, -0.05) is 17.7 Å². The van der Waals surface area contributed by atoms with Crippen molar-refractivity contribution in [1.82, 2.24) is 14.9 Å². The number of nitrogen functional groups attached to an aromatic ring is 1. The summed E-state index contributed by atoms with van der Waals surface area (Å²) >= 11 is 0. The predicted octanol–water partition coefficient (Wildman–Crippen LogP) is 1.62. The molecule has 0 aliphatic carbocycles. The molecular formula is C18H24N4O2. The van der Waals surface area contributed by atoms with E-state index in [1.807, 2.05) is 0 Å². The molecule has 1 aliphatic rings. The second-order valence-corrected chi connectivity index (χ2v) is 6.40. The van der Waals surface area contributed by atoms with Gasteiger partial charge in [0.25, 0.3) is 0 Å². The highest BCUT2D eigenvalue weighted by molar-refractivity contribution is 5.44. The van der Waals surface area contributed by atoms with Crippen LogP contribution in [0.3, 0.4) is 0 Å². The minimum absolute atomic E-state index is 0.215. The van der Waals surface area contributed by atoms with E-state index in [1.165, 1.54) is 0 Å². The number of ether oxygens (including phenoxy) is 1. The van der Waals surface area contributed by atoms with Crippen molar-refractivity contribution in [1.29, 1.82) is 0 Å². The summed E-state index contributed by atoms with van der Waals surface area (Å²) in [6.45, 7) is 6.49. The van der Waals surface area contributed by atoms with Crippen molar-refractivity contribution in [2.75, 3.05) is 18.8 Å². The average Bonchev–Trinajstić information content (AvgIpc) is 2.54. The van der Waals surface area contributed by atoms with E-state index in [0.29, 0.717) is 6.54 Å². The first-order valence-electron chi connectivity index (χ1n) is 8.33.